The van der Waals surface area contributed by atoms with Gasteiger partial charge in [-0.3, -0.25) is 4.79 Å². The number of benzene rings is 1. The van der Waals surface area contributed by atoms with Crippen LogP contribution in [-0.4, -0.2) is 37.0 Å². The van der Waals surface area contributed by atoms with Crippen LogP contribution in [-0.2, 0) is 17.6 Å². The molecule has 1 atom stereocenters. The van der Waals surface area contributed by atoms with Gasteiger partial charge in [0.05, 0.1) is 5.92 Å². The van der Waals surface area contributed by atoms with Gasteiger partial charge in [-0.25, -0.2) is 0 Å². The highest BCUT2D eigenvalue weighted by atomic mass is 35.5. The van der Waals surface area contributed by atoms with Crippen LogP contribution in [0.3, 0.4) is 0 Å². The van der Waals surface area contributed by atoms with Crippen molar-refractivity contribution in [1.82, 2.24) is 10.2 Å². The van der Waals surface area contributed by atoms with E-state index in [1.165, 1.54) is 11.1 Å². The third-order valence-electron chi connectivity index (χ3n) is 4.33. The van der Waals surface area contributed by atoms with Gasteiger partial charge in [0.25, 0.3) is 0 Å². The quantitative estimate of drug-likeness (QED) is 0.893. The summed E-state index contributed by atoms with van der Waals surface area (Å²) in [4.78, 5) is 14.4. The normalized spacial score (nSPS) is 21.8. The van der Waals surface area contributed by atoms with Crippen LogP contribution in [0.2, 0.25) is 0 Å². The molecule has 1 fully saturated rings. The summed E-state index contributed by atoms with van der Waals surface area (Å²) in [5.41, 5.74) is 2.82. The highest BCUT2D eigenvalue weighted by molar-refractivity contribution is 5.85. The molecular formula is C15H21ClN2O. The molecule has 1 aromatic rings. The van der Waals surface area contributed by atoms with Crippen LogP contribution in [0.4, 0.5) is 0 Å². The summed E-state index contributed by atoms with van der Waals surface area (Å²) in [6, 6.07) is 8.90. The summed E-state index contributed by atoms with van der Waals surface area (Å²) in [5, 5.41) is 3.27. The first-order chi connectivity index (χ1) is 8.75. The lowest BCUT2D eigenvalue weighted by Crippen LogP contribution is -2.41. The second-order valence-corrected chi connectivity index (χ2v) is 5.47. The van der Waals surface area contributed by atoms with Crippen molar-refractivity contribution in [3.8, 4) is 0 Å². The molecule has 1 heterocycles. The highest BCUT2D eigenvalue weighted by Crippen LogP contribution is 2.26. The van der Waals surface area contributed by atoms with Crippen molar-refractivity contribution in [3.05, 3.63) is 35.4 Å². The lowest BCUT2D eigenvalue weighted by atomic mass is 10.1. The molecule has 1 aliphatic carbocycles. The number of amides is 1. The minimum Gasteiger partial charge on any atom is -0.342 e. The molecule has 0 radical (unpaired) electrons. The fraction of sp³-hybridized carbons (Fsp3) is 0.533. The van der Waals surface area contributed by atoms with Crippen LogP contribution in [0, 0.1) is 5.92 Å². The Morgan fingerprint density at radius 2 is 1.89 bits per heavy atom. The number of hydrogen-bond acceptors (Lipinski definition) is 2. The second-order valence-electron chi connectivity index (χ2n) is 5.47. The minimum absolute atomic E-state index is 0. The van der Waals surface area contributed by atoms with Crippen LogP contribution in [0.25, 0.3) is 0 Å². The molecule has 3 rings (SSSR count). The van der Waals surface area contributed by atoms with Crippen molar-refractivity contribution in [2.24, 2.45) is 5.92 Å². The number of rotatable bonds is 2. The second kappa shape index (κ2) is 5.93. The molecule has 3 nitrogen and oxygen atoms in total. The van der Waals surface area contributed by atoms with Gasteiger partial charge in [-0.15, -0.1) is 12.4 Å². The molecule has 4 heteroatoms. The van der Waals surface area contributed by atoms with Gasteiger partial charge in [-0.05, 0) is 36.9 Å². The molecule has 0 spiro atoms. The van der Waals surface area contributed by atoms with Crippen molar-refractivity contribution in [3.63, 3.8) is 0 Å². The number of nitrogens with one attached hydrogen (secondary N) is 1. The van der Waals surface area contributed by atoms with Crippen molar-refractivity contribution >= 4 is 18.3 Å². The SMILES string of the molecule is CN(C(=O)C1CCNC1)C1Cc2ccccc2C1.Cl. The molecule has 0 bridgehead atoms. The zero-order valence-electron chi connectivity index (χ0n) is 11.3. The number of carbonyl (C=O) groups excluding carboxylic acids is 1. The third kappa shape index (κ3) is 2.77. The fourth-order valence-corrected chi connectivity index (χ4v) is 3.14. The number of halogens is 1. The molecule has 1 aromatic carbocycles. The summed E-state index contributed by atoms with van der Waals surface area (Å²) in [5.74, 6) is 0.511. The molecule has 1 N–H and O–H groups in total. The summed E-state index contributed by atoms with van der Waals surface area (Å²) < 4.78 is 0. The zero-order chi connectivity index (χ0) is 12.5. The smallest absolute Gasteiger partial charge is 0.227 e. The first-order valence-corrected chi connectivity index (χ1v) is 6.80. The third-order valence-corrected chi connectivity index (χ3v) is 4.33. The Kier molecular flexibility index (Phi) is 4.48. The van der Waals surface area contributed by atoms with E-state index in [1.807, 2.05) is 11.9 Å². The van der Waals surface area contributed by atoms with Gasteiger partial charge < -0.3 is 10.2 Å². The van der Waals surface area contributed by atoms with Gasteiger partial charge in [0.1, 0.15) is 0 Å². The van der Waals surface area contributed by atoms with Crippen LogP contribution >= 0.6 is 12.4 Å². The molecule has 19 heavy (non-hydrogen) atoms. The van der Waals surface area contributed by atoms with E-state index in [9.17, 15) is 4.79 Å². The average molecular weight is 281 g/mol. The molecule has 1 aliphatic heterocycles. The van der Waals surface area contributed by atoms with Crippen molar-refractivity contribution < 1.29 is 4.79 Å². The van der Waals surface area contributed by atoms with Gasteiger partial charge in [-0.1, -0.05) is 24.3 Å². The van der Waals surface area contributed by atoms with E-state index in [4.69, 9.17) is 0 Å². The molecule has 1 saturated heterocycles. The Labute approximate surface area is 120 Å². The van der Waals surface area contributed by atoms with E-state index in [1.54, 1.807) is 0 Å². The summed E-state index contributed by atoms with van der Waals surface area (Å²) in [6.45, 7) is 1.83. The maximum Gasteiger partial charge on any atom is 0.227 e. The van der Waals surface area contributed by atoms with E-state index < -0.39 is 0 Å². The Morgan fingerprint density at radius 3 is 2.42 bits per heavy atom. The number of likely N-dealkylation sites (N-methyl/N-ethyl adjacent to an activating group) is 1. The Hall–Kier alpha value is -1.06. The molecule has 2 aliphatic rings. The van der Waals surface area contributed by atoms with Crippen molar-refractivity contribution in [1.29, 1.82) is 0 Å². The monoisotopic (exact) mass is 280 g/mol. The average Bonchev–Trinajstić information content (AvgIpc) is 3.05. The maximum absolute atomic E-state index is 12.4. The first-order valence-electron chi connectivity index (χ1n) is 6.80. The minimum atomic E-state index is 0. The van der Waals surface area contributed by atoms with Crippen LogP contribution < -0.4 is 5.32 Å². The van der Waals surface area contributed by atoms with Crippen molar-refractivity contribution in [2.45, 2.75) is 25.3 Å². The maximum atomic E-state index is 12.4. The first kappa shape index (κ1) is 14.4. The van der Waals surface area contributed by atoms with Crippen molar-refractivity contribution in [2.75, 3.05) is 20.1 Å². The topological polar surface area (TPSA) is 32.3 Å². The summed E-state index contributed by atoms with van der Waals surface area (Å²) in [7, 11) is 1.97. The Morgan fingerprint density at radius 1 is 1.26 bits per heavy atom. The molecule has 0 saturated carbocycles. The predicted octanol–water partition coefficient (Wildman–Crippen LogP) is 1.64. The largest absolute Gasteiger partial charge is 0.342 e. The molecular weight excluding hydrogens is 260 g/mol. The number of hydrogen-bond donors (Lipinski definition) is 1. The lowest BCUT2D eigenvalue weighted by Gasteiger charge is -2.27. The van der Waals surface area contributed by atoms with Crippen LogP contribution in [0.15, 0.2) is 24.3 Å². The van der Waals surface area contributed by atoms with E-state index >= 15 is 0 Å². The molecule has 0 aromatic heterocycles. The Bertz CT molecular complexity index is 432. The van der Waals surface area contributed by atoms with Gasteiger partial charge >= 0.3 is 0 Å². The van der Waals surface area contributed by atoms with E-state index in [0.29, 0.717) is 11.9 Å². The summed E-state index contributed by atoms with van der Waals surface area (Å²) >= 11 is 0. The number of nitrogens with zero attached hydrogens (tertiary/aromatic N) is 1. The van der Waals surface area contributed by atoms with Gasteiger partial charge in [-0.2, -0.15) is 0 Å². The zero-order valence-corrected chi connectivity index (χ0v) is 12.1. The van der Waals surface area contributed by atoms with Gasteiger partial charge in [0.15, 0.2) is 0 Å². The molecule has 1 unspecified atom stereocenters. The van der Waals surface area contributed by atoms with Gasteiger partial charge in [0, 0.05) is 19.6 Å². The van der Waals surface area contributed by atoms with E-state index in [-0.39, 0.29) is 18.3 Å². The summed E-state index contributed by atoms with van der Waals surface area (Å²) in [6.07, 6.45) is 3.01. The number of fused-ring (bicyclic) bond motifs is 1. The Balaban J connectivity index is 0.00000133. The standard InChI is InChI=1S/C15H20N2O.ClH/c1-17(15(18)13-6-7-16-10-13)14-8-11-4-2-3-5-12(11)9-14;/h2-5,13-14,16H,6-10H2,1H3;1H. The fourth-order valence-electron chi connectivity index (χ4n) is 3.14. The highest BCUT2D eigenvalue weighted by Gasteiger charge is 2.32. The molecule has 104 valence electrons. The van der Waals surface area contributed by atoms with Gasteiger partial charge in [0.2, 0.25) is 5.91 Å². The van der Waals surface area contributed by atoms with Crippen LogP contribution in [0.5, 0.6) is 0 Å². The lowest BCUT2D eigenvalue weighted by molar-refractivity contribution is -0.135. The van der Waals surface area contributed by atoms with Crippen LogP contribution in [0.1, 0.15) is 17.5 Å². The van der Waals surface area contributed by atoms with E-state index in [2.05, 4.69) is 29.6 Å². The predicted molar refractivity (Wildman–Crippen MR) is 78.6 cm³/mol. The number of carbonyl (C=O) groups is 1. The van der Waals surface area contributed by atoms with E-state index in [0.717, 1.165) is 32.4 Å². The molecule has 1 amide bonds.